The highest BCUT2D eigenvalue weighted by Crippen LogP contribution is 2.24. The van der Waals surface area contributed by atoms with Gasteiger partial charge in [0, 0.05) is 44.2 Å². The molecule has 0 saturated carbocycles. The molecule has 8 nitrogen and oxygen atoms in total. The fourth-order valence-corrected chi connectivity index (χ4v) is 3.73. The third-order valence-electron chi connectivity index (χ3n) is 5.44. The van der Waals surface area contributed by atoms with Crippen LogP contribution in [-0.2, 0) is 26.7 Å². The molecule has 0 saturated heterocycles. The van der Waals surface area contributed by atoms with Crippen LogP contribution in [0.2, 0.25) is 5.02 Å². The Kier molecular flexibility index (Phi) is 6.09. The summed E-state index contributed by atoms with van der Waals surface area (Å²) in [6, 6.07) is 15.8. The van der Waals surface area contributed by atoms with Crippen LogP contribution in [0.25, 0.3) is 11.0 Å². The van der Waals surface area contributed by atoms with Crippen LogP contribution in [0.3, 0.4) is 0 Å². The Morgan fingerprint density at radius 1 is 1.03 bits per heavy atom. The monoisotopic (exact) mass is 476 g/mol. The SMILES string of the molecule is Cn1c(NCc2ccc(Cc3ncc(Cl)cn3)cc2)nc2ccc(Nc3cc(CF)[nH]n3)cc21. The number of hydrogen-bond acceptors (Lipinski definition) is 6. The quantitative estimate of drug-likeness (QED) is 0.286. The highest BCUT2D eigenvalue weighted by Gasteiger charge is 2.10. The number of nitrogens with zero attached hydrogens (tertiary/aromatic N) is 5. The summed E-state index contributed by atoms with van der Waals surface area (Å²) >= 11 is 5.85. The number of aromatic amines is 1. The topological polar surface area (TPSA) is 96.3 Å². The minimum atomic E-state index is -0.579. The average molecular weight is 477 g/mol. The molecule has 0 bridgehead atoms. The third-order valence-corrected chi connectivity index (χ3v) is 5.63. The van der Waals surface area contributed by atoms with E-state index in [-0.39, 0.29) is 0 Å². The second-order valence-corrected chi connectivity index (χ2v) is 8.34. The zero-order chi connectivity index (χ0) is 23.5. The summed E-state index contributed by atoms with van der Waals surface area (Å²) in [4.78, 5) is 13.2. The maximum Gasteiger partial charge on any atom is 0.203 e. The molecule has 0 aliphatic rings. The van der Waals surface area contributed by atoms with Crippen LogP contribution in [0.1, 0.15) is 22.6 Å². The van der Waals surface area contributed by atoms with Gasteiger partial charge in [0.15, 0.2) is 5.82 Å². The number of fused-ring (bicyclic) bond motifs is 1. The van der Waals surface area contributed by atoms with Gasteiger partial charge in [-0.25, -0.2) is 19.3 Å². The fourth-order valence-electron chi connectivity index (χ4n) is 3.64. The average Bonchev–Trinajstić information content (AvgIpc) is 3.44. The van der Waals surface area contributed by atoms with Gasteiger partial charge in [0.05, 0.1) is 21.7 Å². The van der Waals surface area contributed by atoms with Crippen molar-refractivity contribution in [1.29, 1.82) is 0 Å². The van der Waals surface area contributed by atoms with E-state index in [2.05, 4.69) is 55.1 Å². The number of hydrogen-bond donors (Lipinski definition) is 3. The molecule has 34 heavy (non-hydrogen) atoms. The Labute approximate surface area is 200 Å². The Morgan fingerprint density at radius 2 is 1.79 bits per heavy atom. The molecule has 172 valence electrons. The standard InChI is InChI=1S/C24H22ClFN8/c1-34-21-9-18(30-23-10-19(11-26)32-33-23)6-7-20(21)31-24(34)29-12-16-4-2-15(3-5-16)8-22-27-13-17(25)14-28-22/h2-7,9-10,13-14H,8,11-12H2,1H3,(H,29,31)(H2,30,32,33). The molecule has 3 N–H and O–H groups in total. The van der Waals surface area contributed by atoms with Crippen LogP contribution in [0.15, 0.2) is 60.9 Å². The molecule has 3 heterocycles. The van der Waals surface area contributed by atoms with Crippen molar-refractivity contribution >= 4 is 40.1 Å². The first-order chi connectivity index (χ1) is 16.6. The number of benzene rings is 2. The van der Waals surface area contributed by atoms with Crippen molar-refractivity contribution in [2.75, 3.05) is 10.6 Å². The summed E-state index contributed by atoms with van der Waals surface area (Å²) in [6.45, 7) is 0.0588. The lowest BCUT2D eigenvalue weighted by Crippen LogP contribution is -2.05. The van der Waals surface area contributed by atoms with Crippen molar-refractivity contribution < 1.29 is 4.39 Å². The molecule has 2 aromatic carbocycles. The van der Waals surface area contributed by atoms with Gasteiger partial charge in [-0.3, -0.25) is 5.10 Å². The summed E-state index contributed by atoms with van der Waals surface area (Å²) in [6.07, 6.45) is 3.87. The van der Waals surface area contributed by atoms with Gasteiger partial charge in [0.25, 0.3) is 0 Å². The van der Waals surface area contributed by atoms with Crippen LogP contribution in [0.5, 0.6) is 0 Å². The van der Waals surface area contributed by atoms with Crippen LogP contribution < -0.4 is 10.6 Å². The number of aryl methyl sites for hydroxylation is 1. The van der Waals surface area contributed by atoms with E-state index in [1.54, 1.807) is 18.5 Å². The van der Waals surface area contributed by atoms with Crippen LogP contribution in [-0.4, -0.2) is 29.7 Å². The van der Waals surface area contributed by atoms with E-state index in [1.807, 2.05) is 29.8 Å². The number of alkyl halides is 1. The molecule has 0 amide bonds. The van der Waals surface area contributed by atoms with Gasteiger partial charge in [-0.1, -0.05) is 35.9 Å². The van der Waals surface area contributed by atoms with E-state index in [9.17, 15) is 4.39 Å². The molecular weight excluding hydrogens is 455 g/mol. The zero-order valence-electron chi connectivity index (χ0n) is 18.4. The lowest BCUT2D eigenvalue weighted by atomic mass is 10.1. The van der Waals surface area contributed by atoms with Crippen LogP contribution >= 0.6 is 11.6 Å². The number of imidazole rings is 1. The van der Waals surface area contributed by atoms with Crippen LogP contribution in [0, 0.1) is 0 Å². The normalized spacial score (nSPS) is 11.1. The third kappa shape index (κ3) is 4.84. The Hall–Kier alpha value is -3.98. The first-order valence-electron chi connectivity index (χ1n) is 10.7. The summed E-state index contributed by atoms with van der Waals surface area (Å²) in [5.74, 6) is 2.07. The number of aromatic nitrogens is 6. The molecule has 0 spiro atoms. The van der Waals surface area contributed by atoms with Gasteiger partial charge < -0.3 is 15.2 Å². The van der Waals surface area contributed by atoms with E-state index in [0.29, 0.717) is 29.5 Å². The maximum atomic E-state index is 12.7. The number of rotatable bonds is 8. The summed E-state index contributed by atoms with van der Waals surface area (Å²) in [7, 11) is 1.96. The summed E-state index contributed by atoms with van der Waals surface area (Å²) in [5, 5.41) is 13.8. The number of H-pyrrole nitrogens is 1. The zero-order valence-corrected chi connectivity index (χ0v) is 19.1. The molecular formula is C24H22ClFN8. The number of nitrogens with one attached hydrogen (secondary N) is 3. The van der Waals surface area contributed by atoms with Gasteiger partial charge in [-0.2, -0.15) is 5.10 Å². The van der Waals surface area contributed by atoms with Crippen molar-refractivity contribution in [2.24, 2.45) is 7.05 Å². The molecule has 5 aromatic rings. The van der Waals surface area contributed by atoms with E-state index in [1.165, 1.54) is 0 Å². The van der Waals surface area contributed by atoms with Gasteiger partial charge in [0.2, 0.25) is 5.95 Å². The van der Waals surface area contributed by atoms with E-state index >= 15 is 0 Å². The molecule has 0 unspecified atom stereocenters. The molecule has 0 fully saturated rings. The minimum absolute atomic E-state index is 0.432. The van der Waals surface area contributed by atoms with Crippen molar-refractivity contribution in [1.82, 2.24) is 29.7 Å². The Balaban J connectivity index is 1.24. The van der Waals surface area contributed by atoms with Gasteiger partial charge in [0.1, 0.15) is 12.5 Å². The van der Waals surface area contributed by atoms with E-state index in [4.69, 9.17) is 16.6 Å². The molecule has 0 atom stereocenters. The Morgan fingerprint density at radius 3 is 2.53 bits per heavy atom. The second-order valence-electron chi connectivity index (χ2n) is 7.90. The predicted molar refractivity (Wildman–Crippen MR) is 131 cm³/mol. The van der Waals surface area contributed by atoms with Gasteiger partial charge in [-0.15, -0.1) is 0 Å². The summed E-state index contributed by atoms with van der Waals surface area (Å²) in [5.41, 5.74) is 5.38. The van der Waals surface area contributed by atoms with Crippen molar-refractivity contribution in [3.63, 3.8) is 0 Å². The molecule has 0 radical (unpaired) electrons. The highest BCUT2D eigenvalue weighted by molar-refractivity contribution is 6.30. The first kappa shape index (κ1) is 21.8. The van der Waals surface area contributed by atoms with Gasteiger partial charge in [-0.05, 0) is 29.3 Å². The minimum Gasteiger partial charge on any atom is -0.352 e. The highest BCUT2D eigenvalue weighted by atomic mass is 35.5. The second kappa shape index (κ2) is 9.48. The fraction of sp³-hybridized carbons (Fsp3) is 0.167. The lowest BCUT2D eigenvalue weighted by molar-refractivity contribution is 0.475. The van der Waals surface area contributed by atoms with Crippen molar-refractivity contribution in [3.05, 3.63) is 88.6 Å². The largest absolute Gasteiger partial charge is 0.352 e. The van der Waals surface area contributed by atoms with Crippen LogP contribution in [0.4, 0.5) is 21.8 Å². The van der Waals surface area contributed by atoms with Gasteiger partial charge >= 0.3 is 0 Å². The molecule has 0 aliphatic carbocycles. The smallest absolute Gasteiger partial charge is 0.203 e. The molecule has 0 aliphatic heterocycles. The Bertz CT molecular complexity index is 1410. The van der Waals surface area contributed by atoms with E-state index in [0.717, 1.165) is 39.6 Å². The number of halogens is 2. The molecule has 3 aromatic heterocycles. The lowest BCUT2D eigenvalue weighted by Gasteiger charge is -2.08. The summed E-state index contributed by atoms with van der Waals surface area (Å²) < 4.78 is 14.7. The molecule has 10 heteroatoms. The maximum absolute atomic E-state index is 12.7. The van der Waals surface area contributed by atoms with Crippen molar-refractivity contribution in [2.45, 2.75) is 19.6 Å². The predicted octanol–water partition coefficient (Wildman–Crippen LogP) is 5.16. The van der Waals surface area contributed by atoms with E-state index < -0.39 is 6.67 Å². The first-order valence-corrected chi connectivity index (χ1v) is 11.1. The molecule has 5 rings (SSSR count). The number of anilines is 3. The van der Waals surface area contributed by atoms with Crippen molar-refractivity contribution in [3.8, 4) is 0 Å².